The molecular weight excluding hydrogens is 158 g/mol. The third-order valence-electron chi connectivity index (χ3n) is 1.33. The van der Waals surface area contributed by atoms with Crippen LogP contribution in [0.4, 0.5) is 0 Å². The van der Waals surface area contributed by atoms with E-state index in [9.17, 15) is 0 Å². The maximum absolute atomic E-state index is 5.66. The number of allylic oxidation sites excluding steroid dienone is 6. The molecular formula is C12H17N. The highest BCUT2D eigenvalue weighted by molar-refractivity contribution is 5.33. The van der Waals surface area contributed by atoms with Gasteiger partial charge in [0, 0.05) is 12.1 Å². The number of hydrogen-bond donors (Lipinski definition) is 1. The minimum Gasteiger partial charge on any atom is -0.402 e. The summed E-state index contributed by atoms with van der Waals surface area (Å²) in [6, 6.07) is 0. The Morgan fingerprint density at radius 1 is 1.31 bits per heavy atom. The lowest BCUT2D eigenvalue weighted by molar-refractivity contribution is 1.17. The highest BCUT2D eigenvalue weighted by atomic mass is 14.6. The van der Waals surface area contributed by atoms with Crippen LogP contribution >= 0.6 is 0 Å². The summed E-state index contributed by atoms with van der Waals surface area (Å²) in [4.78, 5) is 0. The lowest BCUT2D eigenvalue weighted by atomic mass is 10.2. The van der Waals surface area contributed by atoms with E-state index in [4.69, 9.17) is 5.73 Å². The van der Waals surface area contributed by atoms with Crippen LogP contribution < -0.4 is 5.73 Å². The molecule has 1 nitrogen and oxygen atoms in total. The summed E-state index contributed by atoms with van der Waals surface area (Å²) in [7, 11) is 0. The average molecular weight is 175 g/mol. The molecule has 0 aromatic carbocycles. The van der Waals surface area contributed by atoms with Gasteiger partial charge in [-0.15, -0.1) is 6.58 Å². The Hall–Kier alpha value is -1.50. The molecule has 0 unspecified atom stereocenters. The standard InChI is InChI=1S/C12H17N/c1-5-6-12(13)9-11(4)8-7-10(2)3/h5,7-9H,1-2,4,6,13H2,3H3/b8-7+,12-9-. The molecule has 1 heteroatoms. The van der Waals surface area contributed by atoms with Gasteiger partial charge in [-0.25, -0.2) is 0 Å². The zero-order valence-electron chi connectivity index (χ0n) is 8.22. The summed E-state index contributed by atoms with van der Waals surface area (Å²) < 4.78 is 0. The SMILES string of the molecule is C=CC/C(N)=C/C(=C)/C=C/C(=C)C. The second kappa shape index (κ2) is 6.06. The fraction of sp³-hybridized carbons (Fsp3) is 0.167. The van der Waals surface area contributed by atoms with E-state index < -0.39 is 0 Å². The number of hydrogen-bond acceptors (Lipinski definition) is 1. The molecule has 0 atom stereocenters. The normalized spacial score (nSPS) is 11.6. The van der Waals surface area contributed by atoms with Gasteiger partial charge in [-0.3, -0.25) is 0 Å². The lowest BCUT2D eigenvalue weighted by Crippen LogP contribution is -1.94. The van der Waals surface area contributed by atoms with Crippen LogP contribution in [0.5, 0.6) is 0 Å². The zero-order valence-corrected chi connectivity index (χ0v) is 8.22. The van der Waals surface area contributed by atoms with E-state index in [2.05, 4.69) is 19.7 Å². The summed E-state index contributed by atoms with van der Waals surface area (Å²) in [5.41, 5.74) is 8.31. The topological polar surface area (TPSA) is 26.0 Å². The molecule has 0 saturated heterocycles. The molecule has 0 radical (unpaired) electrons. The summed E-state index contributed by atoms with van der Waals surface area (Å²) in [5.74, 6) is 0. The molecule has 0 aromatic heterocycles. The first-order valence-electron chi connectivity index (χ1n) is 4.15. The quantitative estimate of drug-likeness (QED) is 0.504. The lowest BCUT2D eigenvalue weighted by Gasteiger charge is -1.96. The van der Waals surface area contributed by atoms with Crippen LogP contribution in [-0.4, -0.2) is 0 Å². The average Bonchev–Trinajstić information content (AvgIpc) is 2.01. The van der Waals surface area contributed by atoms with Crippen LogP contribution in [0.3, 0.4) is 0 Å². The molecule has 0 aliphatic rings. The van der Waals surface area contributed by atoms with E-state index in [0.717, 1.165) is 16.8 Å². The van der Waals surface area contributed by atoms with Gasteiger partial charge in [-0.2, -0.15) is 0 Å². The summed E-state index contributed by atoms with van der Waals surface area (Å²) >= 11 is 0. The van der Waals surface area contributed by atoms with E-state index in [0.29, 0.717) is 6.42 Å². The number of nitrogens with two attached hydrogens (primary N) is 1. The Morgan fingerprint density at radius 3 is 2.38 bits per heavy atom. The molecule has 0 aromatic rings. The van der Waals surface area contributed by atoms with Gasteiger partial charge in [0.1, 0.15) is 0 Å². The molecule has 0 heterocycles. The van der Waals surface area contributed by atoms with Gasteiger partial charge in [0.2, 0.25) is 0 Å². The van der Waals surface area contributed by atoms with Crippen LogP contribution in [0.1, 0.15) is 13.3 Å². The van der Waals surface area contributed by atoms with Gasteiger partial charge in [0.15, 0.2) is 0 Å². The summed E-state index contributed by atoms with van der Waals surface area (Å²) in [5, 5.41) is 0. The molecule has 0 fully saturated rings. The monoisotopic (exact) mass is 175 g/mol. The Kier molecular flexibility index (Phi) is 5.37. The van der Waals surface area contributed by atoms with Gasteiger partial charge >= 0.3 is 0 Å². The maximum Gasteiger partial charge on any atom is 0.0124 e. The highest BCUT2D eigenvalue weighted by Gasteiger charge is 1.86. The highest BCUT2D eigenvalue weighted by Crippen LogP contribution is 2.03. The van der Waals surface area contributed by atoms with Crippen LogP contribution in [0, 0.1) is 0 Å². The first-order chi connectivity index (χ1) is 6.06. The van der Waals surface area contributed by atoms with Crippen LogP contribution in [-0.2, 0) is 0 Å². The maximum atomic E-state index is 5.66. The first-order valence-corrected chi connectivity index (χ1v) is 4.15. The first kappa shape index (κ1) is 11.5. The van der Waals surface area contributed by atoms with Crippen molar-refractivity contribution in [3.8, 4) is 0 Å². The van der Waals surface area contributed by atoms with Crippen molar-refractivity contribution in [2.45, 2.75) is 13.3 Å². The van der Waals surface area contributed by atoms with Crippen LogP contribution in [0.15, 0.2) is 60.9 Å². The van der Waals surface area contributed by atoms with Crippen molar-refractivity contribution < 1.29 is 0 Å². The van der Waals surface area contributed by atoms with Crippen molar-refractivity contribution in [1.82, 2.24) is 0 Å². The van der Waals surface area contributed by atoms with Gasteiger partial charge in [-0.1, -0.05) is 37.0 Å². The van der Waals surface area contributed by atoms with Crippen molar-refractivity contribution >= 4 is 0 Å². The van der Waals surface area contributed by atoms with E-state index in [-0.39, 0.29) is 0 Å². The second-order valence-corrected chi connectivity index (χ2v) is 2.97. The zero-order chi connectivity index (χ0) is 10.3. The molecule has 70 valence electrons. The Morgan fingerprint density at radius 2 is 1.92 bits per heavy atom. The molecule has 0 saturated carbocycles. The van der Waals surface area contributed by atoms with Gasteiger partial charge in [0.25, 0.3) is 0 Å². The van der Waals surface area contributed by atoms with E-state index in [1.165, 1.54) is 0 Å². The molecule has 0 rings (SSSR count). The summed E-state index contributed by atoms with van der Waals surface area (Å²) in [6.07, 6.45) is 8.08. The third kappa shape index (κ3) is 6.88. The molecule has 0 aliphatic heterocycles. The molecule has 0 aliphatic carbocycles. The van der Waals surface area contributed by atoms with Gasteiger partial charge < -0.3 is 5.73 Å². The van der Waals surface area contributed by atoms with Crippen LogP contribution in [0.25, 0.3) is 0 Å². The summed E-state index contributed by atoms with van der Waals surface area (Å²) in [6.45, 7) is 13.1. The number of rotatable bonds is 5. The minimum atomic E-state index is 0.694. The van der Waals surface area contributed by atoms with E-state index in [1.54, 1.807) is 6.08 Å². The molecule has 0 spiro atoms. The predicted octanol–water partition coefficient (Wildman–Crippen LogP) is 3.09. The van der Waals surface area contributed by atoms with Crippen molar-refractivity contribution in [1.29, 1.82) is 0 Å². The smallest absolute Gasteiger partial charge is 0.0124 e. The predicted molar refractivity (Wildman–Crippen MR) is 60.2 cm³/mol. The van der Waals surface area contributed by atoms with Crippen molar-refractivity contribution in [2.75, 3.05) is 0 Å². The van der Waals surface area contributed by atoms with Crippen molar-refractivity contribution in [2.24, 2.45) is 5.73 Å². The largest absolute Gasteiger partial charge is 0.402 e. The van der Waals surface area contributed by atoms with Crippen LogP contribution in [0.2, 0.25) is 0 Å². The molecule has 0 amide bonds. The fourth-order valence-electron chi connectivity index (χ4n) is 0.761. The molecule has 2 N–H and O–H groups in total. The molecule has 0 bridgehead atoms. The van der Waals surface area contributed by atoms with E-state index in [1.807, 2.05) is 25.2 Å². The fourth-order valence-corrected chi connectivity index (χ4v) is 0.761. The molecule has 13 heavy (non-hydrogen) atoms. The van der Waals surface area contributed by atoms with Gasteiger partial charge in [-0.05, 0) is 18.6 Å². The Balaban J connectivity index is 4.21. The van der Waals surface area contributed by atoms with E-state index >= 15 is 0 Å². The van der Waals surface area contributed by atoms with Gasteiger partial charge in [0.05, 0.1) is 0 Å². The Bertz CT molecular complexity index is 267. The van der Waals surface area contributed by atoms with Crippen molar-refractivity contribution in [3.63, 3.8) is 0 Å². The van der Waals surface area contributed by atoms with Crippen molar-refractivity contribution in [3.05, 3.63) is 60.9 Å². The Labute approximate surface area is 80.6 Å². The third-order valence-corrected chi connectivity index (χ3v) is 1.33. The minimum absolute atomic E-state index is 0.694. The second-order valence-electron chi connectivity index (χ2n) is 2.97.